The topological polar surface area (TPSA) is 95.0 Å². The summed E-state index contributed by atoms with van der Waals surface area (Å²) in [6, 6.07) is 9.55. The van der Waals surface area contributed by atoms with Gasteiger partial charge in [-0.05, 0) is 43.0 Å². The lowest BCUT2D eigenvalue weighted by molar-refractivity contribution is -0.123. The van der Waals surface area contributed by atoms with Crippen LogP contribution in [0, 0.1) is 17.2 Å². The molecule has 0 unspecified atom stereocenters. The van der Waals surface area contributed by atoms with Gasteiger partial charge < -0.3 is 16.0 Å². The third-order valence-corrected chi connectivity index (χ3v) is 5.15. The summed E-state index contributed by atoms with van der Waals surface area (Å²) in [6.45, 7) is 5.86. The third-order valence-electron chi connectivity index (χ3n) is 5.15. The molecule has 1 aliphatic heterocycles. The Morgan fingerprint density at radius 2 is 2.26 bits per heavy atom. The first-order valence-corrected chi connectivity index (χ1v) is 9.62. The van der Waals surface area contributed by atoms with Gasteiger partial charge in [-0.3, -0.25) is 9.78 Å². The van der Waals surface area contributed by atoms with Gasteiger partial charge in [-0.1, -0.05) is 20.3 Å². The Labute approximate surface area is 160 Å². The molecular formula is C21H27N5O. The van der Waals surface area contributed by atoms with E-state index in [0.29, 0.717) is 17.9 Å². The predicted molar refractivity (Wildman–Crippen MR) is 107 cm³/mol. The number of hydrogen-bond donors (Lipinski definition) is 2. The molecular weight excluding hydrogens is 338 g/mol. The summed E-state index contributed by atoms with van der Waals surface area (Å²) in [5, 5.41) is 13.5. The van der Waals surface area contributed by atoms with Crippen LogP contribution in [0.5, 0.6) is 0 Å². The summed E-state index contributed by atoms with van der Waals surface area (Å²) in [7, 11) is 0. The predicted octanol–water partition coefficient (Wildman–Crippen LogP) is 2.56. The van der Waals surface area contributed by atoms with Crippen molar-refractivity contribution in [1.29, 1.82) is 5.26 Å². The second kappa shape index (κ2) is 8.36. The molecule has 3 atom stereocenters. The molecule has 2 aromatic rings. The van der Waals surface area contributed by atoms with Gasteiger partial charge in [0.1, 0.15) is 6.07 Å². The van der Waals surface area contributed by atoms with Gasteiger partial charge in [0.15, 0.2) is 0 Å². The number of rotatable bonds is 5. The van der Waals surface area contributed by atoms with E-state index in [1.807, 2.05) is 31.2 Å². The zero-order valence-corrected chi connectivity index (χ0v) is 16.0. The molecule has 3 rings (SSSR count). The summed E-state index contributed by atoms with van der Waals surface area (Å²) in [5.41, 5.74) is 8.33. The van der Waals surface area contributed by atoms with Crippen LogP contribution in [0.15, 0.2) is 30.5 Å². The Balaban J connectivity index is 1.84. The summed E-state index contributed by atoms with van der Waals surface area (Å²) < 4.78 is 0. The van der Waals surface area contributed by atoms with Gasteiger partial charge in [0.05, 0.1) is 17.1 Å². The number of nitrogens with zero attached hydrogens (tertiary/aromatic N) is 3. The smallest absolute Gasteiger partial charge is 0.237 e. The summed E-state index contributed by atoms with van der Waals surface area (Å²) in [6.07, 6.45) is 4.24. The minimum Gasteiger partial charge on any atom is -0.369 e. The van der Waals surface area contributed by atoms with Crippen LogP contribution in [0.4, 0.5) is 5.69 Å². The normalized spacial score (nSPS) is 20.9. The Bertz CT molecular complexity index is 859. The van der Waals surface area contributed by atoms with E-state index in [2.05, 4.69) is 28.2 Å². The van der Waals surface area contributed by atoms with Crippen LogP contribution in [0.2, 0.25) is 0 Å². The Hall–Kier alpha value is -2.65. The van der Waals surface area contributed by atoms with Crippen LogP contribution in [-0.4, -0.2) is 36.1 Å². The van der Waals surface area contributed by atoms with Gasteiger partial charge >= 0.3 is 0 Å². The first-order valence-electron chi connectivity index (χ1n) is 9.62. The first kappa shape index (κ1) is 19.1. The van der Waals surface area contributed by atoms with Crippen molar-refractivity contribution >= 4 is 22.5 Å². The average molecular weight is 365 g/mol. The lowest BCUT2D eigenvalue weighted by atomic mass is 9.94. The van der Waals surface area contributed by atoms with Crippen LogP contribution in [0.3, 0.4) is 0 Å². The van der Waals surface area contributed by atoms with Crippen LogP contribution in [0.25, 0.3) is 10.9 Å². The highest BCUT2D eigenvalue weighted by Gasteiger charge is 2.28. The van der Waals surface area contributed by atoms with Gasteiger partial charge in [0.2, 0.25) is 5.91 Å². The fourth-order valence-corrected chi connectivity index (χ4v) is 3.93. The van der Waals surface area contributed by atoms with Crippen molar-refractivity contribution in [3.05, 3.63) is 36.0 Å². The van der Waals surface area contributed by atoms with E-state index in [9.17, 15) is 10.1 Å². The molecule has 0 bridgehead atoms. The number of anilines is 1. The monoisotopic (exact) mass is 365 g/mol. The number of nitriles is 1. The van der Waals surface area contributed by atoms with E-state index in [1.54, 1.807) is 6.20 Å². The molecule has 1 aliphatic rings. The molecule has 3 N–H and O–H groups in total. The lowest BCUT2D eigenvalue weighted by Crippen LogP contribution is -2.53. The molecule has 2 heterocycles. The van der Waals surface area contributed by atoms with E-state index in [4.69, 9.17) is 5.73 Å². The minimum absolute atomic E-state index is 0.0616. The molecule has 1 aromatic carbocycles. The second-order valence-corrected chi connectivity index (χ2v) is 7.49. The summed E-state index contributed by atoms with van der Waals surface area (Å²) in [5.74, 6) is 0.371. The van der Waals surface area contributed by atoms with Gasteiger partial charge in [-0.25, -0.2) is 0 Å². The summed E-state index contributed by atoms with van der Waals surface area (Å²) >= 11 is 0. The Morgan fingerprint density at radius 3 is 3.00 bits per heavy atom. The number of benzene rings is 1. The number of carbonyl (C=O) groups excluding carboxylic acids is 1. The molecule has 1 aromatic heterocycles. The van der Waals surface area contributed by atoms with Crippen molar-refractivity contribution in [3.8, 4) is 6.07 Å². The third kappa shape index (κ3) is 4.20. The average Bonchev–Trinajstić information content (AvgIpc) is 2.66. The molecule has 6 heteroatoms. The standard InChI is InChI=1S/C21H27N5O/c1-3-5-18(23)21(27)25-16-10-14(2)12-26(13-16)19-8-7-15(11-22)20-17(19)6-4-9-24-20/h4,6-9,14,16,18H,3,5,10,12-13,23H2,1-2H3,(H,25,27)/t14-,16+,18-/m0/s1. The van der Waals surface area contributed by atoms with Crippen LogP contribution >= 0.6 is 0 Å². The largest absolute Gasteiger partial charge is 0.369 e. The lowest BCUT2D eigenvalue weighted by Gasteiger charge is -2.39. The molecule has 0 spiro atoms. The fraction of sp³-hybridized carbons (Fsp3) is 0.476. The molecule has 0 saturated carbocycles. The van der Waals surface area contributed by atoms with Gasteiger partial charge in [0.25, 0.3) is 0 Å². The Morgan fingerprint density at radius 1 is 1.44 bits per heavy atom. The molecule has 27 heavy (non-hydrogen) atoms. The number of piperidine rings is 1. The van der Waals surface area contributed by atoms with E-state index >= 15 is 0 Å². The van der Waals surface area contributed by atoms with Crippen molar-refractivity contribution in [3.63, 3.8) is 0 Å². The molecule has 0 radical (unpaired) electrons. The molecule has 1 saturated heterocycles. The quantitative estimate of drug-likeness (QED) is 0.849. The maximum atomic E-state index is 12.3. The van der Waals surface area contributed by atoms with E-state index < -0.39 is 6.04 Å². The van der Waals surface area contributed by atoms with Gasteiger partial charge in [-0.15, -0.1) is 0 Å². The maximum absolute atomic E-state index is 12.3. The number of fused-ring (bicyclic) bond motifs is 1. The highest BCUT2D eigenvalue weighted by molar-refractivity contribution is 5.95. The van der Waals surface area contributed by atoms with Crippen molar-refractivity contribution in [2.75, 3.05) is 18.0 Å². The van der Waals surface area contributed by atoms with Crippen LogP contribution in [0.1, 0.15) is 38.7 Å². The molecule has 0 aliphatic carbocycles. The second-order valence-electron chi connectivity index (χ2n) is 7.49. The minimum atomic E-state index is -0.444. The summed E-state index contributed by atoms with van der Waals surface area (Å²) in [4.78, 5) is 19.0. The molecule has 1 amide bonds. The van der Waals surface area contributed by atoms with Crippen LogP contribution < -0.4 is 16.0 Å². The number of amides is 1. The van der Waals surface area contributed by atoms with Crippen molar-refractivity contribution in [2.24, 2.45) is 11.7 Å². The van der Waals surface area contributed by atoms with Crippen molar-refractivity contribution in [2.45, 2.75) is 45.2 Å². The van der Waals surface area contributed by atoms with Gasteiger partial charge in [-0.2, -0.15) is 5.26 Å². The fourth-order valence-electron chi connectivity index (χ4n) is 3.93. The molecule has 1 fully saturated rings. The first-order chi connectivity index (χ1) is 13.0. The van der Waals surface area contributed by atoms with E-state index in [0.717, 1.165) is 42.5 Å². The number of nitrogens with two attached hydrogens (primary N) is 1. The number of nitrogens with one attached hydrogen (secondary N) is 1. The van der Waals surface area contributed by atoms with Crippen LogP contribution in [-0.2, 0) is 4.79 Å². The van der Waals surface area contributed by atoms with Crippen molar-refractivity contribution in [1.82, 2.24) is 10.3 Å². The molecule has 142 valence electrons. The van der Waals surface area contributed by atoms with E-state index in [1.165, 1.54) is 0 Å². The number of carbonyl (C=O) groups is 1. The number of aromatic nitrogens is 1. The van der Waals surface area contributed by atoms with E-state index in [-0.39, 0.29) is 11.9 Å². The zero-order valence-electron chi connectivity index (χ0n) is 16.0. The highest BCUT2D eigenvalue weighted by Crippen LogP contribution is 2.31. The highest BCUT2D eigenvalue weighted by atomic mass is 16.2. The van der Waals surface area contributed by atoms with Gasteiger partial charge in [0, 0.05) is 36.4 Å². The van der Waals surface area contributed by atoms with Crippen molar-refractivity contribution < 1.29 is 4.79 Å². The maximum Gasteiger partial charge on any atom is 0.237 e. The number of pyridine rings is 1. The number of hydrogen-bond acceptors (Lipinski definition) is 5. The Kier molecular flexibility index (Phi) is 5.92. The SMILES string of the molecule is CCC[C@H](N)C(=O)N[C@@H]1C[C@H](C)CN(c2ccc(C#N)c3ncccc23)C1. The zero-order chi connectivity index (χ0) is 19.4. The molecule has 6 nitrogen and oxygen atoms in total.